The summed E-state index contributed by atoms with van der Waals surface area (Å²) in [5.74, 6) is 1.12. The smallest absolute Gasteiger partial charge is 0.320 e. The van der Waals surface area contributed by atoms with Gasteiger partial charge in [-0.25, -0.2) is 0 Å². The van der Waals surface area contributed by atoms with Crippen LogP contribution in [0.1, 0.15) is 64.7 Å². The lowest BCUT2D eigenvalue weighted by Gasteiger charge is -2.40. The molecule has 0 heterocycles. The van der Waals surface area contributed by atoms with Gasteiger partial charge in [0.1, 0.15) is 6.04 Å². The molecule has 2 rings (SSSR count). The van der Waals surface area contributed by atoms with E-state index < -0.39 is 5.97 Å². The molecule has 4 atom stereocenters. The van der Waals surface area contributed by atoms with Crippen molar-refractivity contribution >= 4 is 5.97 Å². The van der Waals surface area contributed by atoms with Gasteiger partial charge >= 0.3 is 5.97 Å². The number of carboxylic acids is 1. The Labute approximate surface area is 110 Å². The van der Waals surface area contributed by atoms with Crippen LogP contribution in [0.15, 0.2) is 0 Å². The monoisotopic (exact) mass is 253 g/mol. The SMILES string of the molecule is CCCC(NC1CCC2CCCCC2C1)C(=O)O. The average molecular weight is 253 g/mol. The van der Waals surface area contributed by atoms with Crippen LogP contribution in [0.5, 0.6) is 0 Å². The van der Waals surface area contributed by atoms with Crippen LogP contribution >= 0.6 is 0 Å². The summed E-state index contributed by atoms with van der Waals surface area (Å²) in [4.78, 5) is 11.2. The molecule has 0 amide bonds. The van der Waals surface area contributed by atoms with E-state index in [0.717, 1.165) is 24.7 Å². The lowest BCUT2D eigenvalue weighted by Crippen LogP contribution is -2.46. The van der Waals surface area contributed by atoms with Crippen LogP contribution in [-0.2, 0) is 4.79 Å². The minimum Gasteiger partial charge on any atom is -0.480 e. The fraction of sp³-hybridized carbons (Fsp3) is 0.933. The molecule has 2 aliphatic rings. The molecule has 2 N–H and O–H groups in total. The Kier molecular flexibility index (Phi) is 5.04. The molecule has 2 saturated carbocycles. The highest BCUT2D eigenvalue weighted by atomic mass is 16.4. The van der Waals surface area contributed by atoms with Gasteiger partial charge in [-0.2, -0.15) is 0 Å². The van der Waals surface area contributed by atoms with Crippen LogP contribution in [0.2, 0.25) is 0 Å². The predicted molar refractivity (Wildman–Crippen MR) is 72.6 cm³/mol. The van der Waals surface area contributed by atoms with E-state index in [1.165, 1.54) is 44.9 Å². The highest BCUT2D eigenvalue weighted by Crippen LogP contribution is 2.40. The summed E-state index contributed by atoms with van der Waals surface area (Å²) in [5.41, 5.74) is 0. The van der Waals surface area contributed by atoms with E-state index in [1.807, 2.05) is 0 Å². The molecule has 0 spiro atoms. The Balaban J connectivity index is 1.84. The number of aliphatic carboxylic acids is 1. The quantitative estimate of drug-likeness (QED) is 0.791. The van der Waals surface area contributed by atoms with E-state index in [9.17, 15) is 9.90 Å². The summed E-state index contributed by atoms with van der Waals surface area (Å²) >= 11 is 0. The summed E-state index contributed by atoms with van der Waals surface area (Å²) in [7, 11) is 0. The normalized spacial score (nSPS) is 33.7. The van der Waals surface area contributed by atoms with Crippen molar-refractivity contribution in [1.82, 2.24) is 5.32 Å². The van der Waals surface area contributed by atoms with Gasteiger partial charge in [0, 0.05) is 6.04 Å². The number of carboxylic acid groups (broad SMARTS) is 1. The molecule has 3 heteroatoms. The van der Waals surface area contributed by atoms with E-state index in [1.54, 1.807) is 0 Å². The third kappa shape index (κ3) is 3.47. The summed E-state index contributed by atoms with van der Waals surface area (Å²) in [6.45, 7) is 2.05. The van der Waals surface area contributed by atoms with Crippen LogP contribution in [0.4, 0.5) is 0 Å². The van der Waals surface area contributed by atoms with Crippen LogP contribution in [0.25, 0.3) is 0 Å². The van der Waals surface area contributed by atoms with Crippen LogP contribution in [0.3, 0.4) is 0 Å². The lowest BCUT2D eigenvalue weighted by atomic mass is 9.69. The molecular formula is C15H27NO2. The molecule has 0 aromatic heterocycles. The van der Waals surface area contributed by atoms with Crippen molar-refractivity contribution in [2.45, 2.75) is 76.8 Å². The summed E-state index contributed by atoms with van der Waals surface area (Å²) in [5, 5.41) is 12.6. The molecule has 2 fully saturated rings. The fourth-order valence-corrected chi connectivity index (χ4v) is 3.88. The number of rotatable bonds is 5. The van der Waals surface area contributed by atoms with Crippen LogP contribution in [0, 0.1) is 11.8 Å². The Morgan fingerprint density at radius 2 is 1.94 bits per heavy atom. The van der Waals surface area contributed by atoms with Crippen molar-refractivity contribution in [3.63, 3.8) is 0 Å². The third-order valence-corrected chi connectivity index (χ3v) is 4.85. The van der Waals surface area contributed by atoms with Crippen molar-refractivity contribution < 1.29 is 9.90 Å². The van der Waals surface area contributed by atoms with E-state index in [-0.39, 0.29) is 6.04 Å². The first-order chi connectivity index (χ1) is 8.70. The molecule has 3 nitrogen and oxygen atoms in total. The van der Waals surface area contributed by atoms with E-state index >= 15 is 0 Å². The highest BCUT2D eigenvalue weighted by molar-refractivity contribution is 5.73. The molecule has 104 valence electrons. The van der Waals surface area contributed by atoms with E-state index in [0.29, 0.717) is 6.04 Å². The molecule has 18 heavy (non-hydrogen) atoms. The number of hydrogen-bond donors (Lipinski definition) is 2. The summed E-state index contributed by atoms with van der Waals surface area (Å²) in [6, 6.07) is 0.108. The first kappa shape index (κ1) is 13.9. The van der Waals surface area contributed by atoms with Crippen molar-refractivity contribution in [1.29, 1.82) is 0 Å². The number of carbonyl (C=O) groups is 1. The van der Waals surface area contributed by atoms with Gasteiger partial charge in [0.05, 0.1) is 0 Å². The summed E-state index contributed by atoms with van der Waals surface area (Å²) in [6.07, 6.45) is 10.9. The number of fused-ring (bicyclic) bond motifs is 1. The highest BCUT2D eigenvalue weighted by Gasteiger charge is 2.33. The van der Waals surface area contributed by atoms with Crippen molar-refractivity contribution in [2.75, 3.05) is 0 Å². The third-order valence-electron chi connectivity index (χ3n) is 4.85. The van der Waals surface area contributed by atoms with Gasteiger partial charge in [-0.1, -0.05) is 39.0 Å². The second-order valence-corrected chi connectivity index (χ2v) is 6.16. The Hall–Kier alpha value is -0.570. The van der Waals surface area contributed by atoms with Crippen LogP contribution < -0.4 is 5.32 Å². The molecule has 0 bridgehead atoms. The largest absolute Gasteiger partial charge is 0.480 e. The molecule has 0 aromatic carbocycles. The molecule has 0 radical (unpaired) electrons. The Morgan fingerprint density at radius 1 is 1.22 bits per heavy atom. The van der Waals surface area contributed by atoms with Gasteiger partial charge in [-0.05, 0) is 37.5 Å². The molecule has 0 aromatic rings. The van der Waals surface area contributed by atoms with Gasteiger partial charge in [-0.15, -0.1) is 0 Å². The minimum absolute atomic E-state index is 0.333. The second-order valence-electron chi connectivity index (χ2n) is 6.16. The molecule has 4 unspecified atom stereocenters. The van der Waals surface area contributed by atoms with Gasteiger partial charge < -0.3 is 10.4 Å². The van der Waals surface area contributed by atoms with Crippen molar-refractivity contribution in [3.8, 4) is 0 Å². The van der Waals surface area contributed by atoms with Gasteiger partial charge in [0.25, 0.3) is 0 Å². The number of nitrogens with one attached hydrogen (secondary N) is 1. The van der Waals surface area contributed by atoms with Crippen LogP contribution in [-0.4, -0.2) is 23.2 Å². The van der Waals surface area contributed by atoms with Crippen molar-refractivity contribution in [2.24, 2.45) is 11.8 Å². The predicted octanol–water partition coefficient (Wildman–Crippen LogP) is 3.19. The lowest BCUT2D eigenvalue weighted by molar-refractivity contribution is -0.140. The maximum absolute atomic E-state index is 11.2. The molecule has 0 aliphatic heterocycles. The summed E-state index contributed by atoms with van der Waals surface area (Å²) < 4.78 is 0. The molecular weight excluding hydrogens is 226 g/mol. The number of hydrogen-bond acceptors (Lipinski definition) is 2. The Bertz CT molecular complexity index is 280. The maximum Gasteiger partial charge on any atom is 0.320 e. The standard InChI is InChI=1S/C15H27NO2/c1-2-5-14(15(17)18)16-13-9-8-11-6-3-4-7-12(11)10-13/h11-14,16H,2-10H2,1H3,(H,17,18). The topological polar surface area (TPSA) is 49.3 Å². The zero-order valence-electron chi connectivity index (χ0n) is 11.5. The average Bonchev–Trinajstić information content (AvgIpc) is 2.38. The maximum atomic E-state index is 11.2. The van der Waals surface area contributed by atoms with Crippen molar-refractivity contribution in [3.05, 3.63) is 0 Å². The van der Waals surface area contributed by atoms with E-state index in [4.69, 9.17) is 0 Å². The molecule has 0 saturated heterocycles. The minimum atomic E-state index is -0.678. The van der Waals surface area contributed by atoms with E-state index in [2.05, 4.69) is 12.2 Å². The zero-order chi connectivity index (χ0) is 13.0. The van der Waals surface area contributed by atoms with Gasteiger partial charge in [-0.3, -0.25) is 4.79 Å². The fourth-order valence-electron chi connectivity index (χ4n) is 3.88. The first-order valence-electron chi connectivity index (χ1n) is 7.69. The second kappa shape index (κ2) is 6.55. The Morgan fingerprint density at radius 3 is 2.61 bits per heavy atom. The molecule has 2 aliphatic carbocycles. The first-order valence-corrected chi connectivity index (χ1v) is 7.69. The van der Waals surface area contributed by atoms with Gasteiger partial charge in [0.2, 0.25) is 0 Å². The zero-order valence-corrected chi connectivity index (χ0v) is 11.5. The van der Waals surface area contributed by atoms with Gasteiger partial charge in [0.15, 0.2) is 0 Å².